The van der Waals surface area contributed by atoms with Gasteiger partial charge in [0.1, 0.15) is 10.0 Å². The molecule has 1 atom stereocenters. The Morgan fingerprint density at radius 2 is 1.93 bits per heavy atom. The van der Waals surface area contributed by atoms with Crippen molar-refractivity contribution in [1.82, 2.24) is 14.2 Å². The molecule has 160 valence electrons. The van der Waals surface area contributed by atoms with Crippen LogP contribution >= 0.6 is 34.3 Å². The zero-order chi connectivity index (χ0) is 21.5. The minimum atomic E-state index is -3.58. The molecule has 12 heteroatoms. The summed E-state index contributed by atoms with van der Waals surface area (Å²) in [5.41, 5.74) is 0.622. The van der Waals surface area contributed by atoms with Crippen LogP contribution in [-0.2, 0) is 14.8 Å². The summed E-state index contributed by atoms with van der Waals surface area (Å²) in [7, 11) is -3.58. The quantitative estimate of drug-likeness (QED) is 0.594. The lowest BCUT2D eigenvalue weighted by Gasteiger charge is -2.36. The summed E-state index contributed by atoms with van der Waals surface area (Å²) in [6, 6.07) is 6.89. The number of thiazole rings is 1. The maximum Gasteiger partial charge on any atom is 0.252 e. The van der Waals surface area contributed by atoms with E-state index in [0.717, 1.165) is 11.3 Å². The van der Waals surface area contributed by atoms with Gasteiger partial charge in [-0.15, -0.1) is 11.3 Å². The van der Waals surface area contributed by atoms with E-state index < -0.39 is 16.1 Å². The lowest BCUT2D eigenvalue weighted by Crippen LogP contribution is -2.53. The molecule has 1 aliphatic rings. The first-order valence-electron chi connectivity index (χ1n) is 9.10. The standard InChI is InChI=1S/C18H18ClFN4O3S3/c1-11(17(25)22-18-21-13-3-2-12(20)10-14(13)28-18)23-6-8-24(9-7-23)30(26,27)16-5-4-15(19)29-16/h2-5,10-11H,6-9H2,1H3,(H,21,22,25). The summed E-state index contributed by atoms with van der Waals surface area (Å²) in [4.78, 5) is 18.9. The second kappa shape index (κ2) is 8.48. The predicted molar refractivity (Wildman–Crippen MR) is 117 cm³/mol. The fraction of sp³-hybridized carbons (Fsp3) is 0.333. The van der Waals surface area contributed by atoms with Crippen LogP contribution in [0.4, 0.5) is 9.52 Å². The number of nitrogens with zero attached hydrogens (tertiary/aromatic N) is 3. The second-order valence-corrected chi connectivity index (χ2v) is 11.7. The van der Waals surface area contributed by atoms with E-state index in [-0.39, 0.29) is 29.0 Å². The number of benzene rings is 1. The van der Waals surface area contributed by atoms with Gasteiger partial charge >= 0.3 is 0 Å². The smallest absolute Gasteiger partial charge is 0.252 e. The number of halogens is 2. The molecule has 1 fully saturated rings. The Morgan fingerprint density at radius 1 is 1.20 bits per heavy atom. The molecular formula is C18H18ClFN4O3S3. The largest absolute Gasteiger partial charge is 0.301 e. The molecule has 0 aliphatic carbocycles. The van der Waals surface area contributed by atoms with Crippen molar-refractivity contribution in [3.63, 3.8) is 0 Å². The minimum Gasteiger partial charge on any atom is -0.301 e. The average Bonchev–Trinajstić information content (AvgIpc) is 3.33. The van der Waals surface area contributed by atoms with Gasteiger partial charge in [0.2, 0.25) is 5.91 Å². The van der Waals surface area contributed by atoms with E-state index in [2.05, 4.69) is 10.3 Å². The number of thiophene rings is 1. The third-order valence-corrected chi connectivity index (χ3v) is 9.45. The molecule has 0 radical (unpaired) electrons. The lowest BCUT2D eigenvalue weighted by atomic mass is 10.2. The molecule has 1 amide bonds. The Bertz CT molecular complexity index is 1190. The van der Waals surface area contributed by atoms with Gasteiger partial charge < -0.3 is 5.32 Å². The third-order valence-electron chi connectivity index (χ3n) is 4.92. The van der Waals surface area contributed by atoms with Gasteiger partial charge in [-0.1, -0.05) is 22.9 Å². The molecule has 3 heterocycles. The van der Waals surface area contributed by atoms with Crippen molar-refractivity contribution < 1.29 is 17.6 Å². The van der Waals surface area contributed by atoms with Crippen LogP contribution in [0.25, 0.3) is 10.2 Å². The van der Waals surface area contributed by atoms with Gasteiger partial charge in [0.05, 0.1) is 20.6 Å². The van der Waals surface area contributed by atoms with Gasteiger partial charge in [-0.05, 0) is 37.3 Å². The molecule has 1 saturated heterocycles. The number of aromatic nitrogens is 1. The first-order valence-corrected chi connectivity index (χ1v) is 12.6. The number of carbonyl (C=O) groups excluding carboxylic acids is 1. The molecule has 1 aromatic carbocycles. The Labute approximate surface area is 186 Å². The van der Waals surface area contributed by atoms with Crippen LogP contribution in [-0.4, -0.2) is 60.7 Å². The number of rotatable bonds is 5. The van der Waals surface area contributed by atoms with Gasteiger partial charge in [0.15, 0.2) is 5.13 Å². The van der Waals surface area contributed by atoms with E-state index in [4.69, 9.17) is 11.6 Å². The lowest BCUT2D eigenvalue weighted by molar-refractivity contribution is -0.121. The van der Waals surface area contributed by atoms with E-state index in [0.29, 0.717) is 32.8 Å². The first kappa shape index (κ1) is 21.6. The van der Waals surface area contributed by atoms with Crippen molar-refractivity contribution in [2.45, 2.75) is 17.2 Å². The number of sulfonamides is 1. The van der Waals surface area contributed by atoms with Crippen molar-refractivity contribution in [3.05, 3.63) is 40.5 Å². The molecule has 4 rings (SSSR count). The maximum atomic E-state index is 13.3. The van der Waals surface area contributed by atoms with Crippen molar-refractivity contribution in [3.8, 4) is 0 Å². The highest BCUT2D eigenvalue weighted by molar-refractivity contribution is 7.91. The van der Waals surface area contributed by atoms with Crippen LogP contribution in [0.2, 0.25) is 4.34 Å². The highest BCUT2D eigenvalue weighted by Crippen LogP contribution is 2.29. The van der Waals surface area contributed by atoms with Crippen molar-refractivity contribution in [2.75, 3.05) is 31.5 Å². The highest BCUT2D eigenvalue weighted by atomic mass is 35.5. The van der Waals surface area contributed by atoms with E-state index >= 15 is 0 Å². The number of anilines is 1. The Hall–Kier alpha value is -1.63. The minimum absolute atomic E-state index is 0.221. The van der Waals surface area contributed by atoms with Crippen LogP contribution < -0.4 is 5.32 Å². The number of piperazine rings is 1. The first-order chi connectivity index (χ1) is 14.2. The molecule has 1 aliphatic heterocycles. The van der Waals surface area contributed by atoms with Gasteiger partial charge in [-0.3, -0.25) is 9.69 Å². The summed E-state index contributed by atoms with van der Waals surface area (Å²) in [5.74, 6) is -0.592. The van der Waals surface area contributed by atoms with Gasteiger partial charge in [0.25, 0.3) is 10.0 Å². The normalized spacial score (nSPS) is 17.3. The predicted octanol–water partition coefficient (Wildman–Crippen LogP) is 3.48. The Balaban J connectivity index is 1.37. The van der Waals surface area contributed by atoms with Gasteiger partial charge in [-0.2, -0.15) is 4.31 Å². The Kier molecular flexibility index (Phi) is 6.11. The molecule has 3 aromatic rings. The summed E-state index contributed by atoms with van der Waals surface area (Å²) >= 11 is 8.11. The second-order valence-electron chi connectivity index (χ2n) is 6.79. The molecule has 0 spiro atoms. The fourth-order valence-corrected chi connectivity index (χ4v) is 7.18. The third kappa shape index (κ3) is 4.36. The van der Waals surface area contributed by atoms with Crippen LogP contribution in [0.3, 0.4) is 0 Å². The fourth-order valence-electron chi connectivity index (χ4n) is 3.22. The van der Waals surface area contributed by atoms with Crippen LogP contribution in [0.15, 0.2) is 34.5 Å². The zero-order valence-corrected chi connectivity index (χ0v) is 19.0. The molecular weight excluding hydrogens is 471 g/mol. The van der Waals surface area contributed by atoms with E-state index in [9.17, 15) is 17.6 Å². The van der Waals surface area contributed by atoms with Gasteiger partial charge in [-0.25, -0.2) is 17.8 Å². The van der Waals surface area contributed by atoms with Crippen molar-refractivity contribution in [2.24, 2.45) is 0 Å². The summed E-state index contributed by atoms with van der Waals surface area (Å²) in [5, 5.41) is 3.18. The number of carbonyl (C=O) groups is 1. The molecule has 0 bridgehead atoms. The van der Waals surface area contributed by atoms with E-state index in [1.54, 1.807) is 19.1 Å². The number of fused-ring (bicyclic) bond motifs is 1. The molecule has 30 heavy (non-hydrogen) atoms. The zero-order valence-electron chi connectivity index (χ0n) is 15.8. The van der Waals surface area contributed by atoms with Crippen molar-refractivity contribution >= 4 is 65.6 Å². The van der Waals surface area contributed by atoms with Crippen molar-refractivity contribution in [1.29, 1.82) is 0 Å². The Morgan fingerprint density at radius 3 is 2.60 bits per heavy atom. The number of hydrogen-bond acceptors (Lipinski definition) is 7. The topological polar surface area (TPSA) is 82.6 Å². The summed E-state index contributed by atoms with van der Waals surface area (Å²) < 4.78 is 41.5. The molecule has 2 aromatic heterocycles. The highest BCUT2D eigenvalue weighted by Gasteiger charge is 2.32. The maximum absolute atomic E-state index is 13.3. The number of nitrogens with one attached hydrogen (secondary N) is 1. The average molecular weight is 489 g/mol. The molecule has 7 nitrogen and oxygen atoms in total. The van der Waals surface area contributed by atoms with Crippen LogP contribution in [0.5, 0.6) is 0 Å². The molecule has 1 N–H and O–H groups in total. The molecule has 1 unspecified atom stereocenters. The monoisotopic (exact) mass is 488 g/mol. The molecule has 0 saturated carbocycles. The summed E-state index contributed by atoms with van der Waals surface area (Å²) in [6.07, 6.45) is 0. The van der Waals surface area contributed by atoms with E-state index in [1.807, 2.05) is 4.90 Å². The number of hydrogen-bond donors (Lipinski definition) is 1. The SMILES string of the molecule is CC(C(=O)Nc1nc2ccc(F)cc2s1)N1CCN(S(=O)(=O)c2ccc(Cl)s2)CC1. The van der Waals surface area contributed by atoms with Crippen LogP contribution in [0.1, 0.15) is 6.92 Å². The van der Waals surface area contributed by atoms with E-state index in [1.165, 1.54) is 33.8 Å². The number of amides is 1. The summed E-state index contributed by atoms with van der Waals surface area (Å²) in [6.45, 7) is 3.20. The van der Waals surface area contributed by atoms with Gasteiger partial charge in [0, 0.05) is 26.2 Å². The van der Waals surface area contributed by atoms with Crippen LogP contribution in [0, 0.1) is 5.82 Å².